The van der Waals surface area contributed by atoms with Crippen LogP contribution in [0.2, 0.25) is 0 Å². The number of hydrogen-bond donors (Lipinski definition) is 0. The molecule has 1 aromatic heterocycles. The zero-order valence-electron chi connectivity index (χ0n) is 14.0. The van der Waals surface area contributed by atoms with Crippen molar-refractivity contribution in [3.63, 3.8) is 0 Å². The molecule has 0 aromatic carbocycles. The highest BCUT2D eigenvalue weighted by Gasteiger charge is 2.62. The maximum absolute atomic E-state index is 13.8. The second kappa shape index (κ2) is 6.02. The monoisotopic (exact) mass is 367 g/mol. The first-order valence-corrected chi connectivity index (χ1v) is 10.4. The van der Waals surface area contributed by atoms with E-state index >= 15 is 0 Å². The molecular weight excluding hydrogens is 345 g/mol. The van der Waals surface area contributed by atoms with E-state index in [1.54, 1.807) is 0 Å². The van der Waals surface area contributed by atoms with Crippen LogP contribution < -0.4 is 0 Å². The molecule has 1 atom stereocenters. The summed E-state index contributed by atoms with van der Waals surface area (Å²) >= 11 is 0. The molecular formula is C17H22FN3O3S. The van der Waals surface area contributed by atoms with Gasteiger partial charge >= 0.3 is 0 Å². The Balaban J connectivity index is 1.51. The number of sulfone groups is 1. The summed E-state index contributed by atoms with van der Waals surface area (Å²) in [5, 5.41) is 0. The van der Waals surface area contributed by atoms with E-state index in [0.29, 0.717) is 6.42 Å². The van der Waals surface area contributed by atoms with E-state index in [9.17, 15) is 17.6 Å². The Kier molecular flexibility index (Phi) is 4.07. The molecule has 0 saturated carbocycles. The standard InChI is InChI=1S/C17H22FN3O3S/c18-14-4-3-6-19-15(14)16(22)21-11-17(12-21)13(5-9-25(17,23)24)10-20-7-1-2-8-20/h3-4,6,13H,1-2,5,7-12H2. The second-order valence-corrected chi connectivity index (χ2v) is 9.82. The number of carbonyl (C=O) groups excluding carboxylic acids is 1. The number of pyridine rings is 1. The molecule has 6 nitrogen and oxygen atoms in total. The lowest BCUT2D eigenvalue weighted by atomic mass is 9.82. The molecule has 1 spiro atoms. The van der Waals surface area contributed by atoms with Crippen LogP contribution in [0.4, 0.5) is 4.39 Å². The Morgan fingerprint density at radius 3 is 2.72 bits per heavy atom. The van der Waals surface area contributed by atoms with Crippen LogP contribution in [-0.2, 0) is 9.84 Å². The number of aromatic nitrogens is 1. The van der Waals surface area contributed by atoms with Crippen molar-refractivity contribution in [2.45, 2.75) is 24.0 Å². The third kappa shape index (κ3) is 2.66. The fourth-order valence-corrected chi connectivity index (χ4v) is 6.85. The van der Waals surface area contributed by atoms with Gasteiger partial charge in [0.2, 0.25) is 0 Å². The molecule has 4 heterocycles. The van der Waals surface area contributed by atoms with E-state index in [1.807, 2.05) is 0 Å². The Labute approximate surface area is 146 Å². The average Bonchev–Trinajstić information content (AvgIpc) is 3.12. The van der Waals surface area contributed by atoms with Gasteiger partial charge in [-0.05, 0) is 50.4 Å². The summed E-state index contributed by atoms with van der Waals surface area (Å²) in [5.74, 6) is -0.957. The molecule has 3 saturated heterocycles. The summed E-state index contributed by atoms with van der Waals surface area (Å²) in [4.78, 5) is 20.0. The Hall–Kier alpha value is -1.54. The SMILES string of the molecule is O=C(c1ncccc1F)N1CC2(C1)C(CN1CCCC1)CCS2(=O)=O. The third-order valence-electron chi connectivity index (χ3n) is 5.94. The number of likely N-dealkylation sites (tertiary alicyclic amines) is 2. The van der Waals surface area contributed by atoms with E-state index in [4.69, 9.17) is 0 Å². The summed E-state index contributed by atoms with van der Waals surface area (Å²) in [6.07, 6.45) is 4.35. The number of carbonyl (C=O) groups is 1. The van der Waals surface area contributed by atoms with Crippen molar-refractivity contribution in [1.29, 1.82) is 0 Å². The van der Waals surface area contributed by atoms with Crippen molar-refractivity contribution >= 4 is 15.7 Å². The van der Waals surface area contributed by atoms with Crippen LogP contribution in [0.15, 0.2) is 18.3 Å². The molecule has 0 N–H and O–H groups in total. The van der Waals surface area contributed by atoms with Crippen molar-refractivity contribution in [3.05, 3.63) is 29.8 Å². The van der Waals surface area contributed by atoms with Gasteiger partial charge in [-0.25, -0.2) is 17.8 Å². The van der Waals surface area contributed by atoms with Gasteiger partial charge in [-0.3, -0.25) is 4.79 Å². The van der Waals surface area contributed by atoms with Gasteiger partial charge in [-0.15, -0.1) is 0 Å². The van der Waals surface area contributed by atoms with E-state index < -0.39 is 26.3 Å². The predicted molar refractivity (Wildman–Crippen MR) is 90.4 cm³/mol. The highest BCUT2D eigenvalue weighted by atomic mass is 32.2. The van der Waals surface area contributed by atoms with E-state index in [1.165, 1.54) is 23.2 Å². The van der Waals surface area contributed by atoms with Gasteiger partial charge in [-0.1, -0.05) is 0 Å². The number of nitrogens with zero attached hydrogens (tertiary/aromatic N) is 3. The summed E-state index contributed by atoms with van der Waals surface area (Å²) in [5.41, 5.74) is -0.233. The highest BCUT2D eigenvalue weighted by Crippen LogP contribution is 2.45. The first-order valence-electron chi connectivity index (χ1n) is 8.77. The van der Waals surface area contributed by atoms with Crippen molar-refractivity contribution in [1.82, 2.24) is 14.8 Å². The average molecular weight is 367 g/mol. The molecule has 0 aliphatic carbocycles. The lowest BCUT2D eigenvalue weighted by Gasteiger charge is -2.50. The van der Waals surface area contributed by atoms with Crippen LogP contribution in [0, 0.1) is 11.7 Å². The normalized spacial score (nSPS) is 27.6. The molecule has 25 heavy (non-hydrogen) atoms. The van der Waals surface area contributed by atoms with Crippen molar-refractivity contribution in [2.24, 2.45) is 5.92 Å². The van der Waals surface area contributed by atoms with Crippen LogP contribution in [0.1, 0.15) is 29.8 Å². The molecule has 0 bridgehead atoms. The molecule has 0 radical (unpaired) electrons. The molecule has 8 heteroatoms. The van der Waals surface area contributed by atoms with Crippen molar-refractivity contribution < 1.29 is 17.6 Å². The topological polar surface area (TPSA) is 70.6 Å². The van der Waals surface area contributed by atoms with Crippen LogP contribution in [-0.4, -0.2) is 72.3 Å². The van der Waals surface area contributed by atoms with E-state index in [2.05, 4.69) is 9.88 Å². The maximum Gasteiger partial charge on any atom is 0.275 e. The van der Waals surface area contributed by atoms with Gasteiger partial charge in [0.1, 0.15) is 4.75 Å². The molecule has 1 aromatic rings. The zero-order chi connectivity index (χ0) is 17.7. The van der Waals surface area contributed by atoms with Crippen LogP contribution in [0.5, 0.6) is 0 Å². The minimum absolute atomic E-state index is 0.0493. The molecule has 3 aliphatic heterocycles. The lowest BCUT2D eigenvalue weighted by Crippen LogP contribution is -2.69. The summed E-state index contributed by atoms with van der Waals surface area (Å²) in [7, 11) is -3.23. The minimum atomic E-state index is -3.23. The summed E-state index contributed by atoms with van der Waals surface area (Å²) in [6, 6.07) is 2.62. The van der Waals surface area contributed by atoms with Gasteiger partial charge in [0.05, 0.1) is 5.75 Å². The Morgan fingerprint density at radius 2 is 2.04 bits per heavy atom. The van der Waals surface area contributed by atoms with Gasteiger partial charge in [-0.2, -0.15) is 0 Å². The fourth-order valence-electron chi connectivity index (χ4n) is 4.44. The first-order chi connectivity index (χ1) is 11.9. The number of hydrogen-bond acceptors (Lipinski definition) is 5. The van der Waals surface area contributed by atoms with Gasteiger partial charge < -0.3 is 9.80 Å². The first kappa shape index (κ1) is 16.9. The number of amides is 1. The lowest BCUT2D eigenvalue weighted by molar-refractivity contribution is 0.0422. The molecule has 136 valence electrons. The summed E-state index contributed by atoms with van der Waals surface area (Å²) < 4.78 is 38.3. The minimum Gasteiger partial charge on any atom is -0.334 e. The smallest absolute Gasteiger partial charge is 0.275 e. The predicted octanol–water partition coefficient (Wildman–Crippen LogP) is 0.946. The zero-order valence-corrected chi connectivity index (χ0v) is 14.8. The van der Waals surface area contributed by atoms with Crippen molar-refractivity contribution in [3.8, 4) is 0 Å². The van der Waals surface area contributed by atoms with E-state index in [-0.39, 0.29) is 30.5 Å². The molecule has 3 aliphatic rings. The number of halogens is 1. The third-order valence-corrected chi connectivity index (χ3v) is 8.54. The van der Waals surface area contributed by atoms with Gasteiger partial charge in [0, 0.05) is 25.8 Å². The van der Waals surface area contributed by atoms with Gasteiger partial charge in [0.25, 0.3) is 5.91 Å². The molecule has 1 unspecified atom stereocenters. The largest absolute Gasteiger partial charge is 0.334 e. The quantitative estimate of drug-likeness (QED) is 0.795. The molecule has 4 rings (SSSR count). The fraction of sp³-hybridized carbons (Fsp3) is 0.647. The summed E-state index contributed by atoms with van der Waals surface area (Å²) in [6.45, 7) is 3.13. The Bertz CT molecular complexity index is 786. The second-order valence-electron chi connectivity index (χ2n) is 7.37. The van der Waals surface area contributed by atoms with Gasteiger partial charge in [0.15, 0.2) is 21.3 Å². The highest BCUT2D eigenvalue weighted by molar-refractivity contribution is 7.93. The van der Waals surface area contributed by atoms with Crippen LogP contribution >= 0.6 is 0 Å². The van der Waals surface area contributed by atoms with Crippen LogP contribution in [0.25, 0.3) is 0 Å². The molecule has 3 fully saturated rings. The van der Waals surface area contributed by atoms with E-state index in [0.717, 1.165) is 32.5 Å². The molecule has 1 amide bonds. The maximum atomic E-state index is 13.8. The Morgan fingerprint density at radius 1 is 1.32 bits per heavy atom. The van der Waals surface area contributed by atoms with Crippen molar-refractivity contribution in [2.75, 3.05) is 38.5 Å². The number of rotatable bonds is 3. The van der Waals surface area contributed by atoms with Crippen LogP contribution in [0.3, 0.4) is 0 Å².